The van der Waals surface area contributed by atoms with Gasteiger partial charge in [0.05, 0.1) is 6.20 Å². The minimum absolute atomic E-state index is 0. The number of hydrogen-bond acceptors (Lipinski definition) is 3. The molecule has 1 saturated heterocycles. The van der Waals surface area contributed by atoms with Crippen molar-refractivity contribution < 1.29 is 4.79 Å². The van der Waals surface area contributed by atoms with E-state index in [4.69, 9.17) is 5.73 Å². The van der Waals surface area contributed by atoms with Crippen LogP contribution in [0.3, 0.4) is 0 Å². The number of nitrogens with zero attached hydrogens (tertiary/aromatic N) is 2. The minimum atomic E-state index is 0. The van der Waals surface area contributed by atoms with E-state index in [-0.39, 0.29) is 36.2 Å². The lowest BCUT2D eigenvalue weighted by Gasteiger charge is -2.26. The van der Waals surface area contributed by atoms with Crippen LogP contribution < -0.4 is 5.73 Å². The number of hydrogen-bond donors (Lipinski definition) is 2. The minimum Gasteiger partial charge on any atom is -0.340 e. The van der Waals surface area contributed by atoms with Gasteiger partial charge in [-0.15, -0.1) is 12.4 Å². The Morgan fingerprint density at radius 3 is 2.83 bits per heavy atom. The molecule has 24 heavy (non-hydrogen) atoms. The molecule has 1 aliphatic carbocycles. The van der Waals surface area contributed by atoms with Gasteiger partial charge in [-0.3, -0.25) is 9.89 Å². The molecule has 0 spiro atoms. The van der Waals surface area contributed by atoms with Crippen LogP contribution in [0.25, 0.3) is 0 Å². The van der Waals surface area contributed by atoms with E-state index >= 15 is 0 Å². The van der Waals surface area contributed by atoms with Gasteiger partial charge in [-0.2, -0.15) is 5.10 Å². The van der Waals surface area contributed by atoms with Crippen molar-refractivity contribution >= 4 is 18.3 Å². The largest absolute Gasteiger partial charge is 0.340 e. The van der Waals surface area contributed by atoms with Crippen molar-refractivity contribution in [2.75, 3.05) is 13.1 Å². The molecule has 128 valence electrons. The molecule has 0 saturated carbocycles. The molecule has 0 bridgehead atoms. The summed E-state index contributed by atoms with van der Waals surface area (Å²) < 4.78 is 0. The Hall–Kier alpha value is -1.85. The Morgan fingerprint density at radius 1 is 1.25 bits per heavy atom. The summed E-state index contributed by atoms with van der Waals surface area (Å²) in [5.74, 6) is 0.551. The monoisotopic (exact) mass is 346 g/mol. The summed E-state index contributed by atoms with van der Waals surface area (Å²) in [4.78, 5) is 14.9. The number of rotatable bonds is 2. The lowest BCUT2D eigenvalue weighted by molar-refractivity contribution is -0.134. The maximum atomic E-state index is 12.9. The zero-order chi connectivity index (χ0) is 15.8. The molecule has 1 aliphatic heterocycles. The zero-order valence-corrected chi connectivity index (χ0v) is 14.3. The predicted molar refractivity (Wildman–Crippen MR) is 95.1 cm³/mol. The molecule has 1 fully saturated rings. The molecule has 1 aromatic heterocycles. The number of nitrogens with one attached hydrogen (secondary N) is 1. The molecule has 0 radical (unpaired) electrons. The normalized spacial score (nSPS) is 25.9. The van der Waals surface area contributed by atoms with Crippen LogP contribution in [0.2, 0.25) is 0 Å². The second-order valence-electron chi connectivity index (χ2n) is 6.74. The lowest BCUT2D eigenvalue weighted by atomic mass is 9.87. The number of H-pyrrole nitrogens is 1. The van der Waals surface area contributed by atoms with Crippen molar-refractivity contribution in [2.24, 2.45) is 11.7 Å². The van der Waals surface area contributed by atoms with Gasteiger partial charge in [0.1, 0.15) is 0 Å². The molecule has 2 heterocycles. The van der Waals surface area contributed by atoms with Crippen LogP contribution >= 0.6 is 12.4 Å². The van der Waals surface area contributed by atoms with E-state index in [9.17, 15) is 4.79 Å². The molecular formula is C18H23ClN4O. The summed E-state index contributed by atoms with van der Waals surface area (Å²) in [6.45, 7) is 1.39. The van der Waals surface area contributed by atoms with Crippen molar-refractivity contribution in [2.45, 2.75) is 31.2 Å². The molecule has 4 rings (SSSR count). The first-order valence-electron chi connectivity index (χ1n) is 8.33. The molecule has 1 amide bonds. The third kappa shape index (κ3) is 3.06. The summed E-state index contributed by atoms with van der Waals surface area (Å²) in [7, 11) is 0. The van der Waals surface area contributed by atoms with Crippen molar-refractivity contribution in [1.29, 1.82) is 0 Å². The van der Waals surface area contributed by atoms with Crippen LogP contribution in [0.4, 0.5) is 0 Å². The number of benzene rings is 1. The van der Waals surface area contributed by atoms with E-state index in [1.54, 1.807) is 0 Å². The Labute approximate surface area is 148 Å². The van der Waals surface area contributed by atoms with Crippen LogP contribution in [0, 0.1) is 5.92 Å². The second-order valence-corrected chi connectivity index (χ2v) is 6.74. The van der Waals surface area contributed by atoms with Gasteiger partial charge in [0.25, 0.3) is 0 Å². The fourth-order valence-corrected chi connectivity index (χ4v) is 3.94. The predicted octanol–water partition coefficient (Wildman–Crippen LogP) is 1.89. The first-order valence-corrected chi connectivity index (χ1v) is 8.33. The summed E-state index contributed by atoms with van der Waals surface area (Å²) in [5, 5.41) is 7.12. The SMILES string of the molecule is Cl.N[C@@H]1CN(C(=O)C2CCc3cn[nH]c3C2)C[C@H]1c1ccccc1. The molecule has 1 unspecified atom stereocenters. The highest BCUT2D eigenvalue weighted by Gasteiger charge is 2.37. The van der Waals surface area contributed by atoms with E-state index in [1.807, 2.05) is 29.3 Å². The number of halogens is 1. The number of aromatic amines is 1. The molecule has 3 atom stereocenters. The Kier molecular flexibility index (Phi) is 4.92. The van der Waals surface area contributed by atoms with Gasteiger partial charge in [-0.1, -0.05) is 30.3 Å². The molecule has 6 heteroatoms. The van der Waals surface area contributed by atoms with E-state index in [1.165, 1.54) is 11.1 Å². The average molecular weight is 347 g/mol. The highest BCUT2D eigenvalue weighted by atomic mass is 35.5. The first kappa shape index (κ1) is 17.0. The quantitative estimate of drug-likeness (QED) is 0.872. The summed E-state index contributed by atoms with van der Waals surface area (Å²) >= 11 is 0. The average Bonchev–Trinajstić information content (AvgIpc) is 3.20. The molecule has 5 nitrogen and oxygen atoms in total. The van der Waals surface area contributed by atoms with Crippen molar-refractivity contribution in [3.8, 4) is 0 Å². The number of aryl methyl sites for hydroxylation is 1. The van der Waals surface area contributed by atoms with E-state index < -0.39 is 0 Å². The van der Waals surface area contributed by atoms with Gasteiger partial charge in [-0.05, 0) is 24.0 Å². The van der Waals surface area contributed by atoms with Crippen molar-refractivity contribution in [3.05, 3.63) is 53.3 Å². The lowest BCUT2D eigenvalue weighted by Crippen LogP contribution is -2.38. The van der Waals surface area contributed by atoms with E-state index in [0.717, 1.165) is 31.5 Å². The van der Waals surface area contributed by atoms with Gasteiger partial charge < -0.3 is 10.6 Å². The fraction of sp³-hybridized carbons (Fsp3) is 0.444. The Balaban J connectivity index is 0.00000169. The van der Waals surface area contributed by atoms with Crippen molar-refractivity contribution in [1.82, 2.24) is 15.1 Å². The molecule has 2 aliphatic rings. The number of carbonyl (C=O) groups excluding carboxylic acids is 1. The van der Waals surface area contributed by atoms with Crippen LogP contribution in [0.1, 0.15) is 29.2 Å². The van der Waals surface area contributed by atoms with E-state index in [2.05, 4.69) is 22.3 Å². The van der Waals surface area contributed by atoms with Gasteiger partial charge >= 0.3 is 0 Å². The maximum absolute atomic E-state index is 12.9. The summed E-state index contributed by atoms with van der Waals surface area (Å²) in [5.41, 5.74) is 9.93. The van der Waals surface area contributed by atoms with Gasteiger partial charge in [0, 0.05) is 43.1 Å². The van der Waals surface area contributed by atoms with Gasteiger partial charge in [-0.25, -0.2) is 0 Å². The number of amides is 1. The molecular weight excluding hydrogens is 324 g/mol. The first-order chi connectivity index (χ1) is 11.2. The number of aromatic nitrogens is 2. The van der Waals surface area contributed by atoms with E-state index in [0.29, 0.717) is 6.54 Å². The number of nitrogens with two attached hydrogens (primary N) is 1. The Bertz CT molecular complexity index is 702. The number of carbonyl (C=O) groups is 1. The molecule has 2 aromatic rings. The zero-order valence-electron chi connectivity index (χ0n) is 13.5. The third-order valence-corrected chi connectivity index (χ3v) is 5.27. The number of fused-ring (bicyclic) bond motifs is 1. The molecule has 3 N–H and O–H groups in total. The third-order valence-electron chi connectivity index (χ3n) is 5.27. The van der Waals surface area contributed by atoms with Crippen molar-refractivity contribution in [3.63, 3.8) is 0 Å². The topological polar surface area (TPSA) is 75.0 Å². The highest BCUT2D eigenvalue weighted by molar-refractivity contribution is 5.85. The maximum Gasteiger partial charge on any atom is 0.226 e. The fourth-order valence-electron chi connectivity index (χ4n) is 3.94. The standard InChI is InChI=1S/C18H22N4O.ClH/c19-16-11-22(10-15(16)12-4-2-1-3-5-12)18(23)13-6-7-14-9-20-21-17(14)8-13;/h1-5,9,13,15-16H,6-8,10-11,19H2,(H,20,21);1H/t13?,15-,16+;/m0./s1. The second kappa shape index (κ2) is 6.95. The van der Waals surface area contributed by atoms with Gasteiger partial charge in [0.15, 0.2) is 0 Å². The van der Waals surface area contributed by atoms with Gasteiger partial charge in [0.2, 0.25) is 5.91 Å². The van der Waals surface area contributed by atoms with Crippen LogP contribution in [-0.2, 0) is 17.6 Å². The summed E-state index contributed by atoms with van der Waals surface area (Å²) in [6, 6.07) is 10.3. The highest BCUT2D eigenvalue weighted by Crippen LogP contribution is 2.30. The molecule has 1 aromatic carbocycles. The number of likely N-dealkylation sites (tertiary alicyclic amines) is 1. The summed E-state index contributed by atoms with van der Waals surface area (Å²) in [6.07, 6.45) is 4.50. The van der Waals surface area contributed by atoms with Crippen LogP contribution in [-0.4, -0.2) is 40.1 Å². The smallest absolute Gasteiger partial charge is 0.226 e. The van der Waals surface area contributed by atoms with Crippen LogP contribution in [0.15, 0.2) is 36.5 Å². The van der Waals surface area contributed by atoms with Crippen LogP contribution in [0.5, 0.6) is 0 Å². The Morgan fingerprint density at radius 2 is 2.04 bits per heavy atom.